The maximum absolute atomic E-state index is 11.9. The van der Waals surface area contributed by atoms with Crippen molar-refractivity contribution in [3.63, 3.8) is 0 Å². The van der Waals surface area contributed by atoms with Crippen molar-refractivity contribution in [2.75, 3.05) is 12.4 Å². The third kappa shape index (κ3) is 2.20. The molecule has 0 aliphatic rings. The fraction of sp³-hybridized carbons (Fsp3) is 0.154. The van der Waals surface area contributed by atoms with Gasteiger partial charge in [0, 0.05) is 11.6 Å². The summed E-state index contributed by atoms with van der Waals surface area (Å²) in [5.41, 5.74) is 0.942. The Morgan fingerprint density at radius 1 is 1.45 bits per heavy atom. The van der Waals surface area contributed by atoms with Crippen LogP contribution in [0.3, 0.4) is 0 Å². The Bertz CT molecular complexity index is 732. The molecule has 3 aromatic rings. The highest BCUT2D eigenvalue weighted by molar-refractivity contribution is 5.91. The summed E-state index contributed by atoms with van der Waals surface area (Å²) in [6.07, 6.45) is 3.19. The number of methoxy groups -OCH3 is 1. The molecule has 102 valence electrons. The highest BCUT2D eigenvalue weighted by Gasteiger charge is 2.09. The van der Waals surface area contributed by atoms with Crippen LogP contribution in [0.1, 0.15) is 0 Å². The number of ether oxygens (including phenoxy) is 1. The Labute approximate surface area is 114 Å². The van der Waals surface area contributed by atoms with Crippen LogP contribution < -0.4 is 10.1 Å². The van der Waals surface area contributed by atoms with Gasteiger partial charge < -0.3 is 9.30 Å². The van der Waals surface area contributed by atoms with E-state index >= 15 is 0 Å². The number of carbonyl (C=O) groups is 1. The van der Waals surface area contributed by atoms with Gasteiger partial charge in [0.2, 0.25) is 11.9 Å². The fourth-order valence-corrected chi connectivity index (χ4v) is 2.10. The summed E-state index contributed by atoms with van der Waals surface area (Å²) < 4.78 is 7.14. The van der Waals surface area contributed by atoms with Crippen molar-refractivity contribution in [1.82, 2.24) is 19.7 Å². The summed E-state index contributed by atoms with van der Waals surface area (Å²) in [7, 11) is 1.63. The molecule has 0 radical (unpaired) electrons. The van der Waals surface area contributed by atoms with Gasteiger partial charge in [-0.25, -0.2) is 5.10 Å². The molecular weight excluding hydrogens is 258 g/mol. The molecule has 0 fully saturated rings. The number of aromatic amines is 1. The minimum atomic E-state index is -0.179. The number of aromatic nitrogens is 4. The van der Waals surface area contributed by atoms with Gasteiger partial charge in [0.05, 0.1) is 12.6 Å². The molecule has 1 aromatic carbocycles. The number of nitrogens with zero attached hydrogens (tertiary/aromatic N) is 3. The van der Waals surface area contributed by atoms with E-state index in [0.717, 1.165) is 16.7 Å². The number of anilines is 1. The highest BCUT2D eigenvalue weighted by atomic mass is 16.5. The molecule has 0 spiro atoms. The average Bonchev–Trinajstić information content (AvgIpc) is 3.09. The molecule has 7 nitrogen and oxygen atoms in total. The van der Waals surface area contributed by atoms with Crippen molar-refractivity contribution in [3.8, 4) is 5.75 Å². The fourth-order valence-electron chi connectivity index (χ4n) is 2.10. The second kappa shape index (κ2) is 5.04. The number of nitrogens with one attached hydrogen (secondary N) is 2. The summed E-state index contributed by atoms with van der Waals surface area (Å²) in [6, 6.07) is 7.66. The molecule has 0 unspecified atom stereocenters. The monoisotopic (exact) mass is 271 g/mol. The molecule has 3 rings (SSSR count). The van der Waals surface area contributed by atoms with E-state index in [1.807, 2.05) is 35.0 Å². The largest absolute Gasteiger partial charge is 0.496 e. The Balaban J connectivity index is 1.82. The van der Waals surface area contributed by atoms with E-state index < -0.39 is 0 Å². The van der Waals surface area contributed by atoms with Crippen molar-refractivity contribution in [2.24, 2.45) is 0 Å². The zero-order chi connectivity index (χ0) is 13.9. The van der Waals surface area contributed by atoms with E-state index in [2.05, 4.69) is 20.5 Å². The van der Waals surface area contributed by atoms with Crippen molar-refractivity contribution in [2.45, 2.75) is 6.54 Å². The lowest BCUT2D eigenvalue weighted by Gasteiger charge is -2.06. The summed E-state index contributed by atoms with van der Waals surface area (Å²) in [4.78, 5) is 15.8. The molecule has 20 heavy (non-hydrogen) atoms. The maximum Gasteiger partial charge on any atom is 0.246 e. The summed E-state index contributed by atoms with van der Waals surface area (Å²) in [6.45, 7) is 0.192. The van der Waals surface area contributed by atoms with Gasteiger partial charge in [-0.1, -0.05) is 6.07 Å². The minimum Gasteiger partial charge on any atom is -0.496 e. The number of rotatable bonds is 4. The van der Waals surface area contributed by atoms with E-state index in [4.69, 9.17) is 4.74 Å². The number of benzene rings is 1. The second-order valence-electron chi connectivity index (χ2n) is 4.22. The van der Waals surface area contributed by atoms with Crippen molar-refractivity contribution < 1.29 is 9.53 Å². The van der Waals surface area contributed by atoms with Crippen molar-refractivity contribution in [1.29, 1.82) is 0 Å². The van der Waals surface area contributed by atoms with E-state index in [0.29, 0.717) is 5.95 Å². The Morgan fingerprint density at radius 2 is 2.35 bits per heavy atom. The quantitative estimate of drug-likeness (QED) is 0.751. The molecule has 0 aliphatic heterocycles. The normalized spacial score (nSPS) is 10.7. The summed E-state index contributed by atoms with van der Waals surface area (Å²) in [5, 5.41) is 9.86. The van der Waals surface area contributed by atoms with Crippen LogP contribution in [0.5, 0.6) is 5.75 Å². The smallest absolute Gasteiger partial charge is 0.246 e. The van der Waals surface area contributed by atoms with Crippen molar-refractivity contribution in [3.05, 3.63) is 36.8 Å². The van der Waals surface area contributed by atoms with Gasteiger partial charge in [-0.2, -0.15) is 10.1 Å². The van der Waals surface area contributed by atoms with E-state index in [9.17, 15) is 4.79 Å². The van der Waals surface area contributed by atoms with Gasteiger partial charge in [-0.05, 0) is 18.2 Å². The predicted molar refractivity (Wildman–Crippen MR) is 73.5 cm³/mol. The molecule has 0 saturated carbocycles. The maximum atomic E-state index is 11.9. The number of fused-ring (bicyclic) bond motifs is 1. The van der Waals surface area contributed by atoms with Crippen LogP contribution in [0.15, 0.2) is 36.8 Å². The van der Waals surface area contributed by atoms with Crippen LogP contribution >= 0.6 is 0 Å². The lowest BCUT2D eigenvalue weighted by Crippen LogP contribution is -2.18. The van der Waals surface area contributed by atoms with Crippen LogP contribution in [0.2, 0.25) is 0 Å². The highest BCUT2D eigenvalue weighted by Crippen LogP contribution is 2.26. The minimum absolute atomic E-state index is 0.179. The van der Waals surface area contributed by atoms with Crippen LogP contribution in [-0.2, 0) is 11.3 Å². The molecular formula is C13H13N5O2. The molecule has 0 saturated heterocycles. The number of carbonyl (C=O) groups excluding carboxylic acids is 1. The van der Waals surface area contributed by atoms with Crippen LogP contribution in [0, 0.1) is 0 Å². The topological polar surface area (TPSA) is 84.8 Å². The third-order valence-electron chi connectivity index (χ3n) is 2.98. The predicted octanol–water partition coefficient (Wildman–Crippen LogP) is 1.41. The SMILES string of the molecule is COc1cccc2c1ccn2CC(=O)Nc1ncn[nH]1. The Kier molecular flexibility index (Phi) is 3.08. The first-order valence-electron chi connectivity index (χ1n) is 6.05. The molecule has 0 aliphatic carbocycles. The van der Waals surface area contributed by atoms with Gasteiger partial charge in [0.1, 0.15) is 18.6 Å². The van der Waals surface area contributed by atoms with Crippen molar-refractivity contribution >= 4 is 22.8 Å². The molecule has 0 bridgehead atoms. The number of amides is 1. The van der Waals surface area contributed by atoms with Crippen LogP contribution in [-0.4, -0.2) is 32.8 Å². The van der Waals surface area contributed by atoms with E-state index in [1.54, 1.807) is 7.11 Å². The molecule has 2 aromatic heterocycles. The standard InChI is InChI=1S/C13H13N5O2/c1-20-11-4-2-3-10-9(11)5-6-18(10)7-12(19)16-13-14-8-15-17-13/h2-6,8H,7H2,1H3,(H2,14,15,16,17,19). The van der Waals surface area contributed by atoms with Gasteiger partial charge >= 0.3 is 0 Å². The molecule has 0 atom stereocenters. The van der Waals surface area contributed by atoms with E-state index in [1.165, 1.54) is 6.33 Å². The average molecular weight is 271 g/mol. The first-order chi connectivity index (χ1) is 9.78. The first-order valence-corrected chi connectivity index (χ1v) is 6.05. The van der Waals surface area contributed by atoms with Gasteiger partial charge in [-0.15, -0.1) is 0 Å². The number of hydrogen-bond acceptors (Lipinski definition) is 4. The second-order valence-corrected chi connectivity index (χ2v) is 4.22. The molecule has 7 heteroatoms. The third-order valence-corrected chi connectivity index (χ3v) is 2.98. The van der Waals surface area contributed by atoms with Gasteiger partial charge in [0.15, 0.2) is 0 Å². The lowest BCUT2D eigenvalue weighted by molar-refractivity contribution is -0.116. The number of hydrogen-bond donors (Lipinski definition) is 2. The van der Waals surface area contributed by atoms with Crippen LogP contribution in [0.25, 0.3) is 10.9 Å². The van der Waals surface area contributed by atoms with Gasteiger partial charge in [-0.3, -0.25) is 10.1 Å². The summed E-state index contributed by atoms with van der Waals surface area (Å²) in [5.74, 6) is 0.947. The number of H-pyrrole nitrogens is 1. The molecule has 1 amide bonds. The van der Waals surface area contributed by atoms with Crippen LogP contribution in [0.4, 0.5) is 5.95 Å². The Hall–Kier alpha value is -2.83. The lowest BCUT2D eigenvalue weighted by atomic mass is 10.2. The van der Waals surface area contributed by atoms with Gasteiger partial charge in [0.25, 0.3) is 0 Å². The molecule has 2 N–H and O–H groups in total. The van der Waals surface area contributed by atoms with E-state index in [-0.39, 0.29) is 12.5 Å². The zero-order valence-electron chi connectivity index (χ0n) is 10.8. The Morgan fingerprint density at radius 3 is 3.10 bits per heavy atom. The molecule has 2 heterocycles. The first kappa shape index (κ1) is 12.2. The zero-order valence-corrected chi connectivity index (χ0v) is 10.8. The summed E-state index contributed by atoms with van der Waals surface area (Å²) >= 11 is 0.